The van der Waals surface area contributed by atoms with Gasteiger partial charge in [0.2, 0.25) is 5.96 Å². The minimum atomic E-state index is -0.690. The van der Waals surface area contributed by atoms with Crippen LogP contribution in [-0.4, -0.2) is 43.7 Å². The molecule has 1 aromatic carbocycles. The number of guanidine groups is 1. The van der Waals surface area contributed by atoms with Gasteiger partial charge in [0.05, 0.1) is 7.11 Å². The first-order chi connectivity index (χ1) is 12.4. The first kappa shape index (κ1) is 21.3. The number of carbonyl (C=O) groups excluding carboxylic acids is 2. The highest BCUT2D eigenvalue weighted by atomic mass is 35.5. The van der Waals surface area contributed by atoms with Crippen LogP contribution >= 0.6 is 11.6 Å². The molecule has 1 rings (SSSR count). The topological polar surface area (TPSA) is 83.0 Å². The van der Waals surface area contributed by atoms with E-state index >= 15 is 0 Å². The molecular weight excluding hydrogens is 356 g/mol. The van der Waals surface area contributed by atoms with Crippen molar-refractivity contribution >= 4 is 35.4 Å². The van der Waals surface area contributed by atoms with Gasteiger partial charge in [-0.3, -0.25) is 10.2 Å². The second kappa shape index (κ2) is 11.0. The van der Waals surface area contributed by atoms with Crippen LogP contribution in [0, 0.1) is 12.3 Å². The minimum absolute atomic E-state index is 0.00506. The Labute approximate surface area is 158 Å². The zero-order valence-electron chi connectivity index (χ0n) is 15.1. The normalized spacial score (nSPS) is 10.7. The summed E-state index contributed by atoms with van der Waals surface area (Å²) in [7, 11) is 2.63. The Balaban J connectivity index is 2.80. The molecule has 0 bridgehead atoms. The van der Waals surface area contributed by atoms with Crippen LogP contribution in [0.3, 0.4) is 0 Å². The summed E-state index contributed by atoms with van der Waals surface area (Å²) in [5.41, 5.74) is 1.55. The largest absolute Gasteiger partial charge is 0.452 e. The number of hydrogen-bond donors (Lipinski definition) is 2. The summed E-state index contributed by atoms with van der Waals surface area (Å²) in [6.45, 7) is 2.10. The summed E-state index contributed by atoms with van der Waals surface area (Å²) >= 11 is 6.25. The van der Waals surface area contributed by atoms with Crippen molar-refractivity contribution in [3.63, 3.8) is 0 Å². The Morgan fingerprint density at radius 3 is 2.73 bits per heavy atom. The number of methoxy groups -OCH3 is 1. The number of ether oxygens (including phenoxy) is 1. The maximum atomic E-state index is 12.2. The van der Waals surface area contributed by atoms with Crippen molar-refractivity contribution in [2.24, 2.45) is 4.99 Å². The Hall–Kier alpha value is -2.72. The lowest BCUT2D eigenvalue weighted by atomic mass is 10.1. The third-order valence-corrected chi connectivity index (χ3v) is 3.77. The van der Waals surface area contributed by atoms with Crippen molar-refractivity contribution in [3.8, 4) is 12.3 Å². The van der Waals surface area contributed by atoms with Gasteiger partial charge in [0.25, 0.3) is 0 Å². The van der Waals surface area contributed by atoms with Crippen molar-refractivity contribution < 1.29 is 14.3 Å². The van der Waals surface area contributed by atoms with Crippen LogP contribution in [0.25, 0.3) is 0 Å². The summed E-state index contributed by atoms with van der Waals surface area (Å²) in [6, 6.07) is 4.73. The SMILES string of the molecule is C#CCN=C(NC(=O)Nc1ccc(CCCC)c(Cl)c1)N(C)C(=O)OC. The van der Waals surface area contributed by atoms with Gasteiger partial charge in [-0.15, -0.1) is 6.42 Å². The van der Waals surface area contributed by atoms with Gasteiger partial charge in [0.15, 0.2) is 0 Å². The van der Waals surface area contributed by atoms with Crippen LogP contribution < -0.4 is 10.6 Å². The van der Waals surface area contributed by atoms with E-state index in [0.29, 0.717) is 10.7 Å². The van der Waals surface area contributed by atoms with Crippen molar-refractivity contribution in [2.45, 2.75) is 26.2 Å². The maximum absolute atomic E-state index is 12.2. The van der Waals surface area contributed by atoms with E-state index in [9.17, 15) is 9.59 Å². The number of benzene rings is 1. The number of aliphatic imine (C=N–C) groups is 1. The average molecular weight is 379 g/mol. The van der Waals surface area contributed by atoms with Crippen molar-refractivity contribution in [1.29, 1.82) is 0 Å². The number of halogens is 1. The van der Waals surface area contributed by atoms with Gasteiger partial charge < -0.3 is 10.1 Å². The number of urea groups is 1. The van der Waals surface area contributed by atoms with Gasteiger partial charge >= 0.3 is 12.1 Å². The summed E-state index contributed by atoms with van der Waals surface area (Å²) in [6.07, 6.45) is 7.48. The van der Waals surface area contributed by atoms with Crippen molar-refractivity contribution in [2.75, 3.05) is 26.0 Å². The Morgan fingerprint density at radius 1 is 1.42 bits per heavy atom. The van der Waals surface area contributed by atoms with Crippen LogP contribution in [0.5, 0.6) is 0 Å². The fourth-order valence-corrected chi connectivity index (χ4v) is 2.31. The van der Waals surface area contributed by atoms with Crippen LogP contribution in [0.4, 0.5) is 15.3 Å². The summed E-state index contributed by atoms with van der Waals surface area (Å²) in [4.78, 5) is 28.8. The third-order valence-electron chi connectivity index (χ3n) is 3.42. The van der Waals surface area contributed by atoms with Crippen LogP contribution in [0.1, 0.15) is 25.3 Å². The zero-order chi connectivity index (χ0) is 19.5. The molecule has 0 heterocycles. The number of nitrogens with zero attached hydrogens (tertiary/aromatic N) is 2. The molecule has 2 N–H and O–H groups in total. The van der Waals surface area contributed by atoms with Crippen molar-refractivity contribution in [1.82, 2.24) is 10.2 Å². The molecule has 0 aromatic heterocycles. The molecule has 3 amide bonds. The van der Waals surface area contributed by atoms with E-state index in [2.05, 4.69) is 33.2 Å². The first-order valence-electron chi connectivity index (χ1n) is 8.08. The minimum Gasteiger partial charge on any atom is -0.452 e. The van der Waals surface area contributed by atoms with E-state index in [1.807, 2.05) is 6.07 Å². The molecule has 0 radical (unpaired) electrons. The lowest BCUT2D eigenvalue weighted by Crippen LogP contribution is -2.46. The molecule has 0 aliphatic rings. The molecule has 1 aromatic rings. The molecule has 26 heavy (non-hydrogen) atoms. The second-order valence-corrected chi connectivity index (χ2v) is 5.77. The van der Waals surface area contributed by atoms with Crippen LogP contribution in [-0.2, 0) is 11.2 Å². The van der Waals surface area contributed by atoms with E-state index in [-0.39, 0.29) is 12.5 Å². The molecule has 0 saturated carbocycles. The van der Waals surface area contributed by atoms with Gasteiger partial charge in [-0.2, -0.15) is 0 Å². The van der Waals surface area contributed by atoms with E-state index < -0.39 is 12.1 Å². The van der Waals surface area contributed by atoms with E-state index in [4.69, 9.17) is 18.0 Å². The molecular formula is C18H23ClN4O3. The molecule has 0 spiro atoms. The van der Waals surface area contributed by atoms with Gasteiger partial charge in [0.1, 0.15) is 6.54 Å². The second-order valence-electron chi connectivity index (χ2n) is 5.36. The monoisotopic (exact) mass is 378 g/mol. The van der Waals surface area contributed by atoms with Crippen LogP contribution in [0.15, 0.2) is 23.2 Å². The average Bonchev–Trinajstić information content (AvgIpc) is 2.63. The summed E-state index contributed by atoms with van der Waals surface area (Å²) in [5, 5.41) is 5.70. The highest BCUT2D eigenvalue weighted by Gasteiger charge is 2.17. The lowest BCUT2D eigenvalue weighted by Gasteiger charge is -2.18. The number of nitrogens with one attached hydrogen (secondary N) is 2. The molecule has 0 aliphatic heterocycles. The third kappa shape index (κ3) is 6.65. The van der Waals surface area contributed by atoms with Gasteiger partial charge in [-0.1, -0.05) is 36.9 Å². The molecule has 0 saturated heterocycles. The lowest BCUT2D eigenvalue weighted by molar-refractivity contribution is 0.151. The molecule has 8 heteroatoms. The number of anilines is 1. The first-order valence-corrected chi connectivity index (χ1v) is 8.46. The van der Waals surface area contributed by atoms with Gasteiger partial charge in [-0.25, -0.2) is 14.6 Å². The number of terminal acetylenes is 1. The molecule has 0 atom stereocenters. The Bertz CT molecular complexity index is 713. The van der Waals surface area contributed by atoms with E-state index in [1.54, 1.807) is 12.1 Å². The molecule has 0 aliphatic carbocycles. The predicted octanol–water partition coefficient (Wildman–Crippen LogP) is 3.49. The fraction of sp³-hybridized carbons (Fsp3) is 0.389. The van der Waals surface area contributed by atoms with Gasteiger partial charge in [-0.05, 0) is 30.5 Å². The Kier molecular flexibility index (Phi) is 9.02. The maximum Gasteiger partial charge on any atom is 0.416 e. The summed E-state index contributed by atoms with van der Waals surface area (Å²) < 4.78 is 4.60. The number of aryl methyl sites for hydroxylation is 1. The standard InChI is InChI=1S/C18H23ClN4O3/c1-5-7-8-13-9-10-14(12-15(13)19)21-17(24)22-16(20-11-6-2)23(3)18(25)26-4/h2,9-10,12H,5,7-8,11H2,1,3-4H3,(H2,20,21,22,24). The van der Waals surface area contributed by atoms with E-state index in [1.165, 1.54) is 14.2 Å². The zero-order valence-corrected chi connectivity index (χ0v) is 15.9. The van der Waals surface area contributed by atoms with Crippen LogP contribution in [0.2, 0.25) is 5.02 Å². The number of carbonyl (C=O) groups is 2. The predicted molar refractivity (Wildman–Crippen MR) is 104 cm³/mol. The number of rotatable bonds is 5. The fourth-order valence-electron chi connectivity index (χ4n) is 2.03. The number of amides is 3. The van der Waals surface area contributed by atoms with E-state index in [0.717, 1.165) is 29.7 Å². The highest BCUT2D eigenvalue weighted by Crippen LogP contribution is 2.22. The quantitative estimate of drug-likeness (QED) is 0.467. The molecule has 140 valence electrons. The van der Waals surface area contributed by atoms with Gasteiger partial charge in [0, 0.05) is 17.8 Å². The number of unbranched alkanes of at least 4 members (excludes halogenated alkanes) is 1. The smallest absolute Gasteiger partial charge is 0.416 e. The molecule has 0 fully saturated rings. The Morgan fingerprint density at radius 2 is 2.15 bits per heavy atom. The summed E-state index contributed by atoms with van der Waals surface area (Å²) in [5.74, 6) is 2.28. The molecule has 0 unspecified atom stereocenters. The number of hydrogen-bond acceptors (Lipinski definition) is 4. The van der Waals surface area contributed by atoms with Crippen molar-refractivity contribution in [3.05, 3.63) is 28.8 Å². The molecule has 7 nitrogen and oxygen atoms in total. The highest BCUT2D eigenvalue weighted by molar-refractivity contribution is 6.31.